The van der Waals surface area contributed by atoms with Crippen molar-refractivity contribution in [2.75, 3.05) is 12.9 Å². The topological polar surface area (TPSA) is 69.0 Å². The van der Waals surface area contributed by atoms with Crippen LogP contribution in [0.1, 0.15) is 31.4 Å². The van der Waals surface area contributed by atoms with Crippen molar-refractivity contribution >= 4 is 17.7 Å². The zero-order valence-corrected chi connectivity index (χ0v) is 17.8. The summed E-state index contributed by atoms with van der Waals surface area (Å²) in [7, 11) is 3.55. The number of hydrogen-bond donors (Lipinski definition) is 1. The number of hydrogen-bond acceptors (Lipinski definition) is 5. The van der Waals surface area contributed by atoms with Gasteiger partial charge in [0.2, 0.25) is 5.91 Å². The number of rotatable bonds is 9. The Labute approximate surface area is 175 Å². The van der Waals surface area contributed by atoms with Gasteiger partial charge in [0, 0.05) is 12.6 Å². The van der Waals surface area contributed by atoms with E-state index in [9.17, 15) is 4.79 Å². The molecule has 0 saturated heterocycles. The second kappa shape index (κ2) is 10.1. The molecule has 7 heteroatoms. The number of methoxy groups -OCH3 is 1. The number of ether oxygens (including phenoxy) is 1. The van der Waals surface area contributed by atoms with Gasteiger partial charge in [0.1, 0.15) is 5.75 Å². The summed E-state index contributed by atoms with van der Waals surface area (Å²) in [6.45, 7) is 2.12. The van der Waals surface area contributed by atoms with E-state index in [4.69, 9.17) is 4.74 Å². The Hall–Kier alpha value is -2.80. The molecule has 0 saturated carbocycles. The van der Waals surface area contributed by atoms with Crippen LogP contribution in [0.4, 0.5) is 0 Å². The third kappa shape index (κ3) is 5.38. The van der Waals surface area contributed by atoms with Gasteiger partial charge in [-0.05, 0) is 36.2 Å². The zero-order valence-electron chi connectivity index (χ0n) is 17.0. The van der Waals surface area contributed by atoms with E-state index in [0.29, 0.717) is 10.9 Å². The fraction of sp³-hybridized carbons (Fsp3) is 0.318. The Kier molecular flexibility index (Phi) is 7.30. The van der Waals surface area contributed by atoms with Gasteiger partial charge in [0.05, 0.1) is 18.9 Å². The summed E-state index contributed by atoms with van der Waals surface area (Å²) in [5.41, 5.74) is 2.08. The van der Waals surface area contributed by atoms with Crippen molar-refractivity contribution in [2.24, 2.45) is 7.05 Å². The Bertz CT molecular complexity index is 926. The van der Waals surface area contributed by atoms with E-state index in [1.807, 2.05) is 54.1 Å². The molecular weight excluding hydrogens is 384 g/mol. The molecule has 0 aliphatic heterocycles. The molecule has 1 heterocycles. The summed E-state index contributed by atoms with van der Waals surface area (Å²) in [6.07, 6.45) is 1.91. The maximum absolute atomic E-state index is 12.5. The Morgan fingerprint density at radius 1 is 1.14 bits per heavy atom. The van der Waals surface area contributed by atoms with E-state index in [1.165, 1.54) is 11.8 Å². The van der Waals surface area contributed by atoms with Crippen LogP contribution in [0.25, 0.3) is 11.4 Å². The summed E-state index contributed by atoms with van der Waals surface area (Å²) >= 11 is 1.39. The van der Waals surface area contributed by atoms with Crippen molar-refractivity contribution in [3.8, 4) is 17.1 Å². The van der Waals surface area contributed by atoms with Gasteiger partial charge < -0.3 is 14.6 Å². The van der Waals surface area contributed by atoms with Gasteiger partial charge in [-0.3, -0.25) is 4.79 Å². The maximum Gasteiger partial charge on any atom is 0.230 e. The molecule has 6 nitrogen and oxygen atoms in total. The van der Waals surface area contributed by atoms with Crippen molar-refractivity contribution in [2.45, 2.75) is 31.0 Å². The van der Waals surface area contributed by atoms with Crippen LogP contribution in [-0.4, -0.2) is 33.5 Å². The molecule has 2 aromatic carbocycles. The fourth-order valence-electron chi connectivity index (χ4n) is 3.09. The third-order valence-electron chi connectivity index (χ3n) is 4.63. The molecule has 1 amide bonds. The Morgan fingerprint density at radius 2 is 1.86 bits per heavy atom. The van der Waals surface area contributed by atoms with E-state index in [1.54, 1.807) is 7.11 Å². The molecule has 1 aromatic heterocycles. The van der Waals surface area contributed by atoms with Crippen LogP contribution in [0.15, 0.2) is 59.8 Å². The molecule has 0 aliphatic carbocycles. The lowest BCUT2D eigenvalue weighted by atomic mass is 10.0. The fourth-order valence-corrected chi connectivity index (χ4v) is 3.82. The summed E-state index contributed by atoms with van der Waals surface area (Å²) in [5.74, 6) is 1.83. The lowest BCUT2D eigenvalue weighted by molar-refractivity contribution is -0.119. The van der Waals surface area contributed by atoms with Crippen LogP contribution in [-0.2, 0) is 11.8 Å². The number of benzene rings is 2. The number of amides is 1. The molecule has 0 bridgehead atoms. The molecule has 0 spiro atoms. The van der Waals surface area contributed by atoms with Gasteiger partial charge in [-0.15, -0.1) is 10.2 Å². The summed E-state index contributed by atoms with van der Waals surface area (Å²) in [6, 6.07) is 17.8. The van der Waals surface area contributed by atoms with Gasteiger partial charge in [-0.2, -0.15) is 0 Å². The van der Waals surface area contributed by atoms with E-state index in [2.05, 4.69) is 34.6 Å². The van der Waals surface area contributed by atoms with Crippen molar-refractivity contribution in [3.63, 3.8) is 0 Å². The molecule has 29 heavy (non-hydrogen) atoms. The Morgan fingerprint density at radius 3 is 2.52 bits per heavy atom. The van der Waals surface area contributed by atoms with Gasteiger partial charge in [0.25, 0.3) is 0 Å². The van der Waals surface area contributed by atoms with E-state index in [-0.39, 0.29) is 11.9 Å². The monoisotopic (exact) mass is 410 g/mol. The van der Waals surface area contributed by atoms with Crippen molar-refractivity contribution < 1.29 is 9.53 Å². The number of carbonyl (C=O) groups is 1. The van der Waals surface area contributed by atoms with Gasteiger partial charge in [-0.25, -0.2) is 0 Å². The molecule has 0 radical (unpaired) electrons. The van der Waals surface area contributed by atoms with Gasteiger partial charge in [0.15, 0.2) is 11.0 Å². The minimum atomic E-state index is -0.00806. The molecular formula is C22H26N4O2S. The first-order valence-corrected chi connectivity index (χ1v) is 10.6. The number of carbonyl (C=O) groups excluding carboxylic acids is 1. The highest BCUT2D eigenvalue weighted by Gasteiger charge is 2.16. The molecule has 0 unspecified atom stereocenters. The standard InChI is InChI=1S/C22H26N4O2S/c1-4-8-19(16-9-6-5-7-10-16)23-20(27)15-29-22-25-24-21(26(22)2)17-11-13-18(28-3)14-12-17/h5-7,9-14,19H,4,8,15H2,1-3H3,(H,23,27)/t19-/m0/s1. The lowest BCUT2D eigenvalue weighted by Crippen LogP contribution is -2.30. The summed E-state index contributed by atoms with van der Waals surface area (Å²) in [5, 5.41) is 12.4. The van der Waals surface area contributed by atoms with Gasteiger partial charge in [-0.1, -0.05) is 55.4 Å². The normalized spacial score (nSPS) is 11.8. The summed E-state index contributed by atoms with van der Waals surface area (Å²) < 4.78 is 7.10. The predicted octanol–water partition coefficient (Wildman–Crippen LogP) is 4.24. The highest BCUT2D eigenvalue weighted by molar-refractivity contribution is 7.99. The highest BCUT2D eigenvalue weighted by Crippen LogP contribution is 2.25. The average molecular weight is 411 g/mol. The number of nitrogens with zero attached hydrogens (tertiary/aromatic N) is 3. The first-order valence-electron chi connectivity index (χ1n) is 9.63. The second-order valence-corrected chi connectivity index (χ2v) is 7.64. The minimum Gasteiger partial charge on any atom is -0.497 e. The largest absolute Gasteiger partial charge is 0.497 e. The number of nitrogens with one attached hydrogen (secondary N) is 1. The summed E-state index contributed by atoms with van der Waals surface area (Å²) in [4.78, 5) is 12.5. The SMILES string of the molecule is CCC[C@H](NC(=O)CSc1nnc(-c2ccc(OC)cc2)n1C)c1ccccc1. The van der Waals surface area contributed by atoms with Crippen molar-refractivity contribution in [1.82, 2.24) is 20.1 Å². The smallest absolute Gasteiger partial charge is 0.230 e. The van der Waals surface area contributed by atoms with E-state index >= 15 is 0 Å². The first-order chi connectivity index (χ1) is 14.1. The second-order valence-electron chi connectivity index (χ2n) is 6.70. The maximum atomic E-state index is 12.5. The van der Waals surface area contributed by atoms with Crippen LogP contribution in [0, 0.1) is 0 Å². The van der Waals surface area contributed by atoms with Crippen LogP contribution >= 0.6 is 11.8 Å². The predicted molar refractivity (Wildman–Crippen MR) is 116 cm³/mol. The van der Waals surface area contributed by atoms with Crippen molar-refractivity contribution in [3.05, 3.63) is 60.2 Å². The van der Waals surface area contributed by atoms with Crippen LogP contribution in [0.2, 0.25) is 0 Å². The third-order valence-corrected chi connectivity index (χ3v) is 5.65. The average Bonchev–Trinajstić information content (AvgIpc) is 3.13. The van der Waals surface area contributed by atoms with Gasteiger partial charge >= 0.3 is 0 Å². The molecule has 0 fully saturated rings. The van der Waals surface area contributed by atoms with Crippen LogP contribution < -0.4 is 10.1 Å². The molecule has 0 aliphatic rings. The number of thioether (sulfide) groups is 1. The molecule has 1 atom stereocenters. The lowest BCUT2D eigenvalue weighted by Gasteiger charge is -2.18. The van der Waals surface area contributed by atoms with Crippen LogP contribution in [0.3, 0.4) is 0 Å². The van der Waals surface area contributed by atoms with Crippen LogP contribution in [0.5, 0.6) is 5.75 Å². The van der Waals surface area contributed by atoms with E-state index in [0.717, 1.165) is 35.5 Å². The minimum absolute atomic E-state index is 0.00806. The molecule has 3 rings (SSSR count). The first kappa shape index (κ1) is 20.9. The Balaban J connectivity index is 1.62. The highest BCUT2D eigenvalue weighted by atomic mass is 32.2. The van der Waals surface area contributed by atoms with E-state index < -0.39 is 0 Å². The molecule has 1 N–H and O–H groups in total. The molecule has 152 valence electrons. The van der Waals surface area contributed by atoms with Crippen molar-refractivity contribution in [1.29, 1.82) is 0 Å². The number of aromatic nitrogens is 3. The molecule has 3 aromatic rings. The quantitative estimate of drug-likeness (QED) is 0.534. The zero-order chi connectivity index (χ0) is 20.6.